The largest absolute Gasteiger partial charge is 0.383 e. The van der Waals surface area contributed by atoms with Gasteiger partial charge in [-0.05, 0) is 18.8 Å². The van der Waals surface area contributed by atoms with Crippen LogP contribution in [0, 0.1) is 5.92 Å². The van der Waals surface area contributed by atoms with E-state index < -0.39 is 0 Å². The first-order valence-electron chi connectivity index (χ1n) is 4.74. The number of aromatic nitrogens is 2. The number of hydrogen-bond donors (Lipinski definition) is 1. The van der Waals surface area contributed by atoms with E-state index in [2.05, 4.69) is 5.10 Å². The van der Waals surface area contributed by atoms with Gasteiger partial charge in [0.2, 0.25) is 0 Å². The molecule has 72 valence electrons. The third-order valence-electron chi connectivity index (χ3n) is 2.74. The predicted molar refractivity (Wildman–Crippen MR) is 53.6 cm³/mol. The van der Waals surface area contributed by atoms with Crippen LogP contribution < -0.4 is 5.73 Å². The highest BCUT2D eigenvalue weighted by molar-refractivity contribution is 6.32. The third-order valence-corrected chi connectivity index (χ3v) is 3.03. The molecule has 1 fully saturated rings. The Bertz CT molecular complexity index is 289. The average Bonchev–Trinajstić information content (AvgIpc) is 2.71. The molecule has 0 amide bonds. The molecule has 0 radical (unpaired) electrons. The van der Waals surface area contributed by atoms with Crippen LogP contribution in [0.15, 0.2) is 6.20 Å². The molecule has 1 heterocycles. The van der Waals surface area contributed by atoms with E-state index in [-0.39, 0.29) is 0 Å². The van der Waals surface area contributed by atoms with E-state index in [0.717, 1.165) is 12.5 Å². The van der Waals surface area contributed by atoms with Crippen molar-refractivity contribution in [3.63, 3.8) is 0 Å². The summed E-state index contributed by atoms with van der Waals surface area (Å²) in [6.07, 6.45) is 6.92. The number of hydrogen-bond acceptors (Lipinski definition) is 2. The van der Waals surface area contributed by atoms with Gasteiger partial charge in [0.1, 0.15) is 10.8 Å². The fourth-order valence-corrected chi connectivity index (χ4v) is 2.10. The minimum atomic E-state index is 0.568. The van der Waals surface area contributed by atoms with E-state index in [1.807, 2.05) is 4.68 Å². The van der Waals surface area contributed by atoms with Gasteiger partial charge in [0.25, 0.3) is 0 Å². The summed E-state index contributed by atoms with van der Waals surface area (Å²) in [6.45, 7) is 0.929. The molecule has 0 saturated heterocycles. The van der Waals surface area contributed by atoms with Gasteiger partial charge in [-0.15, -0.1) is 0 Å². The average molecular weight is 200 g/mol. The van der Waals surface area contributed by atoms with Crippen LogP contribution in [0.2, 0.25) is 5.02 Å². The summed E-state index contributed by atoms with van der Waals surface area (Å²) >= 11 is 5.81. The van der Waals surface area contributed by atoms with Gasteiger partial charge in [0.15, 0.2) is 0 Å². The molecule has 0 unspecified atom stereocenters. The van der Waals surface area contributed by atoms with Crippen molar-refractivity contribution < 1.29 is 0 Å². The molecule has 1 aliphatic carbocycles. The van der Waals surface area contributed by atoms with Crippen molar-refractivity contribution in [3.05, 3.63) is 11.2 Å². The molecule has 0 spiro atoms. The molecule has 0 atom stereocenters. The van der Waals surface area contributed by atoms with Gasteiger partial charge in [-0.3, -0.25) is 0 Å². The van der Waals surface area contributed by atoms with E-state index in [1.165, 1.54) is 25.7 Å². The predicted octanol–water partition coefficient (Wildman–Crippen LogP) is 2.31. The molecule has 13 heavy (non-hydrogen) atoms. The van der Waals surface area contributed by atoms with Gasteiger partial charge in [-0.1, -0.05) is 24.4 Å². The maximum absolute atomic E-state index is 5.81. The third kappa shape index (κ3) is 1.80. The Morgan fingerprint density at radius 3 is 2.77 bits per heavy atom. The van der Waals surface area contributed by atoms with Crippen LogP contribution in [0.1, 0.15) is 25.7 Å². The van der Waals surface area contributed by atoms with Crippen LogP contribution in [0.25, 0.3) is 0 Å². The zero-order valence-corrected chi connectivity index (χ0v) is 8.30. The van der Waals surface area contributed by atoms with Crippen molar-refractivity contribution in [2.75, 3.05) is 5.73 Å². The van der Waals surface area contributed by atoms with Crippen LogP contribution in [0.3, 0.4) is 0 Å². The summed E-state index contributed by atoms with van der Waals surface area (Å²) in [5, 5.41) is 4.71. The summed E-state index contributed by atoms with van der Waals surface area (Å²) in [7, 11) is 0. The summed E-state index contributed by atoms with van der Waals surface area (Å²) in [5.74, 6) is 1.35. The lowest BCUT2D eigenvalue weighted by molar-refractivity contribution is 0.433. The molecule has 2 N–H and O–H groups in total. The van der Waals surface area contributed by atoms with Crippen molar-refractivity contribution in [2.24, 2.45) is 5.92 Å². The zero-order chi connectivity index (χ0) is 9.26. The summed E-state index contributed by atoms with van der Waals surface area (Å²) in [5.41, 5.74) is 5.75. The highest BCUT2D eigenvalue weighted by Crippen LogP contribution is 2.27. The Labute approximate surface area is 82.9 Å². The van der Waals surface area contributed by atoms with Crippen molar-refractivity contribution in [2.45, 2.75) is 32.2 Å². The lowest BCUT2D eigenvalue weighted by atomic mass is 10.1. The number of nitrogens with two attached hydrogens (primary N) is 1. The van der Waals surface area contributed by atoms with Crippen molar-refractivity contribution in [3.8, 4) is 0 Å². The first-order chi connectivity index (χ1) is 6.27. The standard InChI is InChI=1S/C9H14ClN3/c10-8-5-12-13(9(8)11)6-7-3-1-2-4-7/h5,7H,1-4,6,11H2. The first kappa shape index (κ1) is 8.88. The molecule has 1 aliphatic rings. The zero-order valence-electron chi connectivity index (χ0n) is 7.54. The van der Waals surface area contributed by atoms with Gasteiger partial charge < -0.3 is 5.73 Å². The summed E-state index contributed by atoms with van der Waals surface area (Å²) < 4.78 is 1.82. The second kappa shape index (κ2) is 3.58. The minimum absolute atomic E-state index is 0.568. The quantitative estimate of drug-likeness (QED) is 0.795. The molecule has 3 nitrogen and oxygen atoms in total. The second-order valence-electron chi connectivity index (χ2n) is 3.71. The maximum Gasteiger partial charge on any atom is 0.140 e. The normalized spacial score (nSPS) is 18.2. The van der Waals surface area contributed by atoms with Gasteiger partial charge in [0.05, 0.1) is 6.20 Å². The Morgan fingerprint density at radius 1 is 1.54 bits per heavy atom. The molecule has 1 aromatic rings. The Kier molecular flexibility index (Phi) is 2.44. The SMILES string of the molecule is Nc1c(Cl)cnn1CC1CCCC1. The Morgan fingerprint density at radius 2 is 2.23 bits per heavy atom. The van der Waals surface area contributed by atoms with Crippen LogP contribution in [0.5, 0.6) is 0 Å². The fraction of sp³-hybridized carbons (Fsp3) is 0.667. The highest BCUT2D eigenvalue weighted by Gasteiger charge is 2.17. The maximum atomic E-state index is 5.81. The van der Waals surface area contributed by atoms with Crippen molar-refractivity contribution >= 4 is 17.4 Å². The second-order valence-corrected chi connectivity index (χ2v) is 4.12. The molecule has 0 aliphatic heterocycles. The molecule has 1 aromatic heterocycles. The number of rotatable bonds is 2. The van der Waals surface area contributed by atoms with Crippen LogP contribution in [-0.4, -0.2) is 9.78 Å². The van der Waals surface area contributed by atoms with Gasteiger partial charge in [0, 0.05) is 6.54 Å². The smallest absolute Gasteiger partial charge is 0.140 e. The van der Waals surface area contributed by atoms with Crippen LogP contribution >= 0.6 is 11.6 Å². The topological polar surface area (TPSA) is 43.8 Å². The molecular weight excluding hydrogens is 186 g/mol. The molecule has 0 bridgehead atoms. The summed E-state index contributed by atoms with van der Waals surface area (Å²) in [4.78, 5) is 0. The number of nitrogens with zero attached hydrogens (tertiary/aromatic N) is 2. The van der Waals surface area contributed by atoms with E-state index >= 15 is 0 Å². The lowest BCUT2D eigenvalue weighted by Crippen LogP contribution is -2.11. The lowest BCUT2D eigenvalue weighted by Gasteiger charge is -2.09. The van der Waals surface area contributed by atoms with Crippen LogP contribution in [-0.2, 0) is 6.54 Å². The Balaban J connectivity index is 2.04. The molecule has 1 saturated carbocycles. The fourth-order valence-electron chi connectivity index (χ4n) is 1.96. The van der Waals surface area contributed by atoms with Crippen molar-refractivity contribution in [1.82, 2.24) is 9.78 Å². The first-order valence-corrected chi connectivity index (χ1v) is 5.12. The number of halogens is 1. The number of anilines is 1. The molecular formula is C9H14ClN3. The van der Waals surface area contributed by atoms with Crippen molar-refractivity contribution in [1.29, 1.82) is 0 Å². The molecule has 2 rings (SSSR count). The van der Waals surface area contributed by atoms with Gasteiger partial charge >= 0.3 is 0 Å². The van der Waals surface area contributed by atoms with Gasteiger partial charge in [-0.25, -0.2) is 4.68 Å². The Hall–Kier alpha value is -0.700. The molecule has 0 aromatic carbocycles. The van der Waals surface area contributed by atoms with E-state index in [0.29, 0.717) is 10.8 Å². The minimum Gasteiger partial charge on any atom is -0.383 e. The summed E-state index contributed by atoms with van der Waals surface area (Å²) in [6, 6.07) is 0. The van der Waals surface area contributed by atoms with E-state index in [4.69, 9.17) is 17.3 Å². The number of nitrogen functional groups attached to an aromatic ring is 1. The van der Waals surface area contributed by atoms with E-state index in [9.17, 15) is 0 Å². The monoisotopic (exact) mass is 199 g/mol. The van der Waals surface area contributed by atoms with E-state index in [1.54, 1.807) is 6.20 Å². The van der Waals surface area contributed by atoms with Gasteiger partial charge in [-0.2, -0.15) is 5.10 Å². The van der Waals surface area contributed by atoms with Crippen LogP contribution in [0.4, 0.5) is 5.82 Å². The highest BCUT2D eigenvalue weighted by atomic mass is 35.5. The molecule has 4 heteroatoms.